The first-order chi connectivity index (χ1) is 6.59. The third-order valence-corrected chi connectivity index (χ3v) is 2.30. The maximum atomic E-state index is 4.45. The summed E-state index contributed by atoms with van der Waals surface area (Å²) in [5.74, 6) is 0. The second-order valence-electron chi connectivity index (χ2n) is 4.36. The Bertz CT molecular complexity index is 142. The van der Waals surface area contributed by atoms with Gasteiger partial charge in [0.05, 0.1) is 6.34 Å². The highest BCUT2D eigenvalue weighted by atomic mass is 15.2. The molecule has 0 heterocycles. The average Bonchev–Trinajstić information content (AvgIpc) is 2.09. The molecule has 0 atom stereocenters. The summed E-state index contributed by atoms with van der Waals surface area (Å²) in [6.45, 7) is 12.0. The second kappa shape index (κ2) is 7.84. The summed E-state index contributed by atoms with van der Waals surface area (Å²) < 4.78 is 0. The number of rotatable bonds is 7. The molecule has 0 aromatic carbocycles. The van der Waals surface area contributed by atoms with Gasteiger partial charge in [0.25, 0.3) is 0 Å². The van der Waals surface area contributed by atoms with Crippen LogP contribution in [0.4, 0.5) is 0 Å². The normalized spacial score (nSPS) is 11.9. The van der Waals surface area contributed by atoms with Crippen molar-refractivity contribution in [3.63, 3.8) is 0 Å². The van der Waals surface area contributed by atoms with E-state index in [-0.39, 0.29) is 0 Å². The molecule has 0 unspecified atom stereocenters. The van der Waals surface area contributed by atoms with E-state index in [9.17, 15) is 0 Å². The lowest BCUT2D eigenvalue weighted by Gasteiger charge is -2.28. The van der Waals surface area contributed by atoms with Crippen molar-refractivity contribution in [3.05, 3.63) is 0 Å². The van der Waals surface area contributed by atoms with Gasteiger partial charge in [0, 0.05) is 18.6 Å². The molecule has 0 amide bonds. The molecule has 0 rings (SSSR count). The largest absolute Gasteiger partial charge is 0.358 e. The standard InChI is InChI=1S/C12H26N2/c1-6-7-8-9-13-10-14(11(2)3)12(4)5/h10-12H,6-9H2,1-5H3. The summed E-state index contributed by atoms with van der Waals surface area (Å²) in [5.41, 5.74) is 0. The Labute approximate surface area is 89.4 Å². The van der Waals surface area contributed by atoms with Crippen LogP contribution in [0.2, 0.25) is 0 Å². The van der Waals surface area contributed by atoms with Gasteiger partial charge >= 0.3 is 0 Å². The van der Waals surface area contributed by atoms with Crippen molar-refractivity contribution in [1.82, 2.24) is 4.90 Å². The predicted octanol–water partition coefficient (Wildman–Crippen LogP) is 3.32. The van der Waals surface area contributed by atoms with Gasteiger partial charge in [0.15, 0.2) is 0 Å². The average molecular weight is 198 g/mol. The van der Waals surface area contributed by atoms with Gasteiger partial charge in [-0.1, -0.05) is 19.8 Å². The highest BCUT2D eigenvalue weighted by Crippen LogP contribution is 2.01. The Morgan fingerprint density at radius 1 is 1.07 bits per heavy atom. The zero-order chi connectivity index (χ0) is 11.0. The zero-order valence-corrected chi connectivity index (χ0v) is 10.5. The Hall–Kier alpha value is -0.530. The first-order valence-corrected chi connectivity index (χ1v) is 5.87. The number of nitrogens with zero attached hydrogens (tertiary/aromatic N) is 2. The van der Waals surface area contributed by atoms with Crippen LogP contribution in [-0.4, -0.2) is 29.9 Å². The molecule has 0 aromatic rings. The summed E-state index contributed by atoms with van der Waals surface area (Å²) >= 11 is 0. The molecule has 0 aliphatic rings. The van der Waals surface area contributed by atoms with E-state index in [4.69, 9.17) is 0 Å². The molecule has 0 bridgehead atoms. The van der Waals surface area contributed by atoms with Crippen molar-refractivity contribution < 1.29 is 0 Å². The lowest BCUT2D eigenvalue weighted by molar-refractivity contribution is 0.300. The summed E-state index contributed by atoms with van der Waals surface area (Å²) in [6, 6.07) is 1.09. The summed E-state index contributed by atoms with van der Waals surface area (Å²) in [6.07, 6.45) is 5.80. The van der Waals surface area contributed by atoms with Crippen LogP contribution in [-0.2, 0) is 0 Å². The van der Waals surface area contributed by atoms with E-state index >= 15 is 0 Å². The van der Waals surface area contributed by atoms with E-state index in [2.05, 4.69) is 44.5 Å². The van der Waals surface area contributed by atoms with Crippen LogP contribution in [0.1, 0.15) is 53.9 Å². The van der Waals surface area contributed by atoms with E-state index in [0.717, 1.165) is 6.54 Å². The predicted molar refractivity (Wildman–Crippen MR) is 65.0 cm³/mol. The highest BCUT2D eigenvalue weighted by molar-refractivity contribution is 5.55. The number of hydrogen-bond acceptors (Lipinski definition) is 1. The molecule has 0 saturated carbocycles. The molecule has 84 valence electrons. The Balaban J connectivity index is 3.79. The SMILES string of the molecule is CCCCCN=CN(C(C)C)C(C)C. The number of aliphatic imine (C=N–C) groups is 1. The lowest BCUT2D eigenvalue weighted by Crippen LogP contribution is -2.35. The quantitative estimate of drug-likeness (QED) is 0.348. The van der Waals surface area contributed by atoms with Gasteiger partial charge < -0.3 is 4.90 Å². The summed E-state index contributed by atoms with van der Waals surface area (Å²) in [7, 11) is 0. The van der Waals surface area contributed by atoms with Gasteiger partial charge in [-0.3, -0.25) is 4.99 Å². The fraction of sp³-hybridized carbons (Fsp3) is 0.917. The van der Waals surface area contributed by atoms with Crippen LogP contribution in [0.3, 0.4) is 0 Å². The minimum atomic E-state index is 0.546. The third-order valence-electron chi connectivity index (χ3n) is 2.30. The molecule has 0 aliphatic heterocycles. The first kappa shape index (κ1) is 13.5. The van der Waals surface area contributed by atoms with Crippen molar-refractivity contribution in [3.8, 4) is 0 Å². The lowest BCUT2D eigenvalue weighted by atomic mass is 10.2. The van der Waals surface area contributed by atoms with Gasteiger partial charge in [-0.2, -0.15) is 0 Å². The molecule has 0 saturated heterocycles. The molecular formula is C12H26N2. The van der Waals surface area contributed by atoms with Gasteiger partial charge in [-0.15, -0.1) is 0 Å². The topological polar surface area (TPSA) is 15.6 Å². The number of unbranched alkanes of at least 4 members (excludes halogenated alkanes) is 2. The molecule has 0 spiro atoms. The van der Waals surface area contributed by atoms with Crippen molar-refractivity contribution in [1.29, 1.82) is 0 Å². The van der Waals surface area contributed by atoms with Gasteiger partial charge in [0.1, 0.15) is 0 Å². The monoisotopic (exact) mass is 198 g/mol. The fourth-order valence-electron chi connectivity index (χ4n) is 1.47. The molecule has 0 aromatic heterocycles. The molecular weight excluding hydrogens is 172 g/mol. The van der Waals surface area contributed by atoms with E-state index < -0.39 is 0 Å². The molecule has 14 heavy (non-hydrogen) atoms. The maximum absolute atomic E-state index is 4.45. The molecule has 0 radical (unpaired) electrons. The third kappa shape index (κ3) is 6.01. The van der Waals surface area contributed by atoms with Gasteiger partial charge in [-0.25, -0.2) is 0 Å². The highest BCUT2D eigenvalue weighted by Gasteiger charge is 2.07. The molecule has 0 fully saturated rings. The van der Waals surface area contributed by atoms with Crippen LogP contribution in [0.5, 0.6) is 0 Å². The summed E-state index contributed by atoms with van der Waals surface area (Å²) in [4.78, 5) is 6.75. The van der Waals surface area contributed by atoms with Crippen LogP contribution in [0.25, 0.3) is 0 Å². The van der Waals surface area contributed by atoms with E-state index in [1.807, 2.05) is 6.34 Å². The van der Waals surface area contributed by atoms with E-state index in [1.165, 1.54) is 19.3 Å². The fourth-order valence-corrected chi connectivity index (χ4v) is 1.47. The Morgan fingerprint density at radius 2 is 1.64 bits per heavy atom. The van der Waals surface area contributed by atoms with Crippen LogP contribution in [0.15, 0.2) is 4.99 Å². The minimum absolute atomic E-state index is 0.546. The minimum Gasteiger partial charge on any atom is -0.358 e. The van der Waals surface area contributed by atoms with E-state index in [0.29, 0.717) is 12.1 Å². The summed E-state index contributed by atoms with van der Waals surface area (Å²) in [5, 5.41) is 0. The number of hydrogen-bond donors (Lipinski definition) is 0. The van der Waals surface area contributed by atoms with Crippen LogP contribution >= 0.6 is 0 Å². The molecule has 2 nitrogen and oxygen atoms in total. The molecule has 2 heteroatoms. The zero-order valence-electron chi connectivity index (χ0n) is 10.5. The van der Waals surface area contributed by atoms with E-state index in [1.54, 1.807) is 0 Å². The van der Waals surface area contributed by atoms with Crippen LogP contribution in [0, 0.1) is 0 Å². The molecule has 0 N–H and O–H groups in total. The Kier molecular flexibility index (Phi) is 7.54. The first-order valence-electron chi connectivity index (χ1n) is 5.87. The van der Waals surface area contributed by atoms with Crippen LogP contribution < -0.4 is 0 Å². The van der Waals surface area contributed by atoms with Crippen molar-refractivity contribution >= 4 is 6.34 Å². The maximum Gasteiger partial charge on any atom is 0.0854 e. The molecule has 0 aliphatic carbocycles. The van der Waals surface area contributed by atoms with Crippen molar-refractivity contribution in [2.45, 2.75) is 66.0 Å². The smallest absolute Gasteiger partial charge is 0.0854 e. The van der Waals surface area contributed by atoms with Gasteiger partial charge in [0.2, 0.25) is 0 Å². The van der Waals surface area contributed by atoms with Crippen molar-refractivity contribution in [2.24, 2.45) is 4.99 Å². The Morgan fingerprint density at radius 3 is 2.07 bits per heavy atom. The second-order valence-corrected chi connectivity index (χ2v) is 4.36. The van der Waals surface area contributed by atoms with Crippen molar-refractivity contribution in [2.75, 3.05) is 6.54 Å². The van der Waals surface area contributed by atoms with Gasteiger partial charge in [-0.05, 0) is 34.1 Å².